The molecule has 1 heterocycles. The van der Waals surface area contributed by atoms with Gasteiger partial charge in [0.1, 0.15) is 11.9 Å². The fourth-order valence-corrected chi connectivity index (χ4v) is 1.72. The number of hydrogen-bond acceptors (Lipinski definition) is 5. The van der Waals surface area contributed by atoms with Crippen LogP contribution in [-0.4, -0.2) is 22.2 Å². The monoisotopic (exact) mass is 263 g/mol. The van der Waals surface area contributed by atoms with E-state index in [0.717, 1.165) is 6.07 Å². The third-order valence-electron chi connectivity index (χ3n) is 2.65. The highest BCUT2D eigenvalue weighted by Crippen LogP contribution is 2.26. The molecule has 0 saturated heterocycles. The minimum absolute atomic E-state index is 0.150. The zero-order valence-corrected chi connectivity index (χ0v) is 10.6. The standard InChI is InChI=1S/C13H14FN3O2/c1-7-5-11(19-2)17-13(16-7)12(18)9-4-3-8(14)6-10(9)15/h3-6,12,18H,15H2,1-2H3. The van der Waals surface area contributed by atoms with Gasteiger partial charge in [0.2, 0.25) is 5.88 Å². The molecule has 0 saturated carbocycles. The predicted molar refractivity (Wildman–Crippen MR) is 68.2 cm³/mol. The Morgan fingerprint density at radius 1 is 1.32 bits per heavy atom. The molecule has 0 bridgehead atoms. The largest absolute Gasteiger partial charge is 0.481 e. The molecule has 0 spiro atoms. The first kappa shape index (κ1) is 13.2. The number of methoxy groups -OCH3 is 1. The number of nitrogen functional groups attached to an aromatic ring is 1. The third kappa shape index (κ3) is 2.79. The minimum Gasteiger partial charge on any atom is -0.481 e. The Balaban J connectivity index is 2.43. The number of rotatable bonds is 3. The third-order valence-corrected chi connectivity index (χ3v) is 2.65. The van der Waals surface area contributed by atoms with Crippen LogP contribution in [0.4, 0.5) is 10.1 Å². The Labute approximate surface area is 109 Å². The van der Waals surface area contributed by atoms with E-state index < -0.39 is 11.9 Å². The van der Waals surface area contributed by atoms with Gasteiger partial charge in [0.25, 0.3) is 0 Å². The number of halogens is 1. The van der Waals surface area contributed by atoms with Gasteiger partial charge < -0.3 is 15.6 Å². The van der Waals surface area contributed by atoms with Crippen LogP contribution < -0.4 is 10.5 Å². The van der Waals surface area contributed by atoms with Crippen LogP contribution in [0.3, 0.4) is 0 Å². The summed E-state index contributed by atoms with van der Waals surface area (Å²) in [4.78, 5) is 8.19. The lowest BCUT2D eigenvalue weighted by molar-refractivity contribution is 0.208. The molecule has 1 aromatic heterocycles. The van der Waals surface area contributed by atoms with Crippen LogP contribution in [0.15, 0.2) is 24.3 Å². The summed E-state index contributed by atoms with van der Waals surface area (Å²) >= 11 is 0. The second-order valence-corrected chi connectivity index (χ2v) is 4.09. The van der Waals surface area contributed by atoms with Gasteiger partial charge in [0.15, 0.2) is 5.82 Å². The average molecular weight is 263 g/mol. The zero-order chi connectivity index (χ0) is 14.0. The molecule has 1 aromatic carbocycles. The quantitative estimate of drug-likeness (QED) is 0.822. The molecule has 0 aliphatic carbocycles. The van der Waals surface area contributed by atoms with Crippen molar-refractivity contribution in [3.8, 4) is 5.88 Å². The molecule has 0 amide bonds. The molecule has 1 unspecified atom stereocenters. The Kier molecular flexibility index (Phi) is 3.62. The molecule has 0 aliphatic rings. The van der Waals surface area contributed by atoms with E-state index in [9.17, 15) is 9.50 Å². The fraction of sp³-hybridized carbons (Fsp3) is 0.231. The van der Waals surface area contributed by atoms with Crippen molar-refractivity contribution < 1.29 is 14.2 Å². The van der Waals surface area contributed by atoms with Crippen LogP contribution in [0, 0.1) is 12.7 Å². The van der Waals surface area contributed by atoms with E-state index in [4.69, 9.17) is 10.5 Å². The van der Waals surface area contributed by atoms with Gasteiger partial charge in [-0.1, -0.05) is 6.07 Å². The van der Waals surface area contributed by atoms with Gasteiger partial charge >= 0.3 is 0 Å². The zero-order valence-electron chi connectivity index (χ0n) is 10.6. The van der Waals surface area contributed by atoms with E-state index in [0.29, 0.717) is 17.1 Å². The number of anilines is 1. The van der Waals surface area contributed by atoms with Gasteiger partial charge in [0, 0.05) is 23.0 Å². The Hall–Kier alpha value is -2.21. The first-order chi connectivity index (χ1) is 9.01. The Bertz CT molecular complexity index is 604. The van der Waals surface area contributed by atoms with Crippen LogP contribution in [0.5, 0.6) is 5.88 Å². The molecule has 3 N–H and O–H groups in total. The second-order valence-electron chi connectivity index (χ2n) is 4.09. The van der Waals surface area contributed by atoms with E-state index in [2.05, 4.69) is 9.97 Å². The summed E-state index contributed by atoms with van der Waals surface area (Å²) in [6.07, 6.45) is -1.13. The summed E-state index contributed by atoms with van der Waals surface area (Å²) in [5.74, 6) is 0.0496. The molecule has 0 radical (unpaired) electrons. The number of aliphatic hydroxyl groups is 1. The highest BCUT2D eigenvalue weighted by Gasteiger charge is 2.18. The molecule has 19 heavy (non-hydrogen) atoms. The fourth-order valence-electron chi connectivity index (χ4n) is 1.72. The Morgan fingerprint density at radius 2 is 2.05 bits per heavy atom. The van der Waals surface area contributed by atoms with E-state index in [-0.39, 0.29) is 11.5 Å². The maximum atomic E-state index is 13.0. The summed E-state index contributed by atoms with van der Waals surface area (Å²) in [5.41, 5.74) is 6.84. The van der Waals surface area contributed by atoms with E-state index >= 15 is 0 Å². The average Bonchev–Trinajstić information content (AvgIpc) is 2.37. The first-order valence-electron chi connectivity index (χ1n) is 5.64. The molecule has 6 heteroatoms. The summed E-state index contributed by atoms with van der Waals surface area (Å²) < 4.78 is 18.0. The molecule has 1 atom stereocenters. The topological polar surface area (TPSA) is 81.3 Å². The number of nitrogens with two attached hydrogens (primary N) is 1. The molecule has 100 valence electrons. The lowest BCUT2D eigenvalue weighted by Gasteiger charge is -2.13. The number of benzene rings is 1. The molecule has 2 aromatic rings. The lowest BCUT2D eigenvalue weighted by Crippen LogP contribution is -2.09. The van der Waals surface area contributed by atoms with Gasteiger partial charge in [0.05, 0.1) is 7.11 Å². The van der Waals surface area contributed by atoms with Crippen molar-refractivity contribution >= 4 is 5.69 Å². The van der Waals surface area contributed by atoms with Crippen molar-refractivity contribution in [2.75, 3.05) is 12.8 Å². The van der Waals surface area contributed by atoms with Crippen LogP contribution in [0.1, 0.15) is 23.2 Å². The van der Waals surface area contributed by atoms with Gasteiger partial charge in [-0.05, 0) is 19.1 Å². The Morgan fingerprint density at radius 3 is 2.68 bits per heavy atom. The molecular weight excluding hydrogens is 249 g/mol. The summed E-state index contributed by atoms with van der Waals surface area (Å²) in [7, 11) is 1.48. The van der Waals surface area contributed by atoms with Crippen LogP contribution in [0.25, 0.3) is 0 Å². The molecular formula is C13H14FN3O2. The summed E-state index contributed by atoms with van der Waals surface area (Å²) in [6.45, 7) is 1.76. The van der Waals surface area contributed by atoms with Gasteiger partial charge in [-0.15, -0.1) is 0 Å². The maximum absolute atomic E-state index is 13.0. The van der Waals surface area contributed by atoms with Crippen molar-refractivity contribution in [1.29, 1.82) is 0 Å². The van der Waals surface area contributed by atoms with Crippen LogP contribution in [-0.2, 0) is 0 Å². The minimum atomic E-state index is -1.13. The predicted octanol–water partition coefficient (Wildman–Crippen LogP) is 1.60. The number of nitrogens with zero attached hydrogens (tertiary/aromatic N) is 2. The number of hydrogen-bond donors (Lipinski definition) is 2. The molecule has 2 rings (SSSR count). The van der Waals surface area contributed by atoms with E-state index in [1.165, 1.54) is 19.2 Å². The van der Waals surface area contributed by atoms with E-state index in [1.54, 1.807) is 13.0 Å². The van der Waals surface area contributed by atoms with Crippen molar-refractivity contribution in [3.63, 3.8) is 0 Å². The number of aromatic nitrogens is 2. The van der Waals surface area contributed by atoms with Crippen molar-refractivity contribution in [2.45, 2.75) is 13.0 Å². The second kappa shape index (κ2) is 5.19. The summed E-state index contributed by atoms with van der Waals surface area (Å²) in [5, 5.41) is 10.2. The number of aryl methyl sites for hydroxylation is 1. The van der Waals surface area contributed by atoms with Crippen molar-refractivity contribution in [2.24, 2.45) is 0 Å². The molecule has 0 aliphatic heterocycles. The van der Waals surface area contributed by atoms with Gasteiger partial charge in [-0.3, -0.25) is 0 Å². The molecule has 5 nitrogen and oxygen atoms in total. The smallest absolute Gasteiger partial charge is 0.216 e. The first-order valence-corrected chi connectivity index (χ1v) is 5.64. The normalized spacial score (nSPS) is 12.2. The summed E-state index contributed by atoms with van der Waals surface area (Å²) in [6, 6.07) is 5.42. The van der Waals surface area contributed by atoms with Crippen LogP contribution in [0.2, 0.25) is 0 Å². The van der Waals surface area contributed by atoms with E-state index in [1.807, 2.05) is 0 Å². The van der Waals surface area contributed by atoms with Crippen LogP contribution >= 0.6 is 0 Å². The van der Waals surface area contributed by atoms with Crippen molar-refractivity contribution in [3.05, 3.63) is 47.2 Å². The highest BCUT2D eigenvalue weighted by atomic mass is 19.1. The SMILES string of the molecule is COc1cc(C)nc(C(O)c2ccc(F)cc2N)n1. The highest BCUT2D eigenvalue weighted by molar-refractivity contribution is 5.49. The van der Waals surface area contributed by atoms with Gasteiger partial charge in [-0.2, -0.15) is 4.98 Å². The number of ether oxygens (including phenoxy) is 1. The molecule has 0 fully saturated rings. The lowest BCUT2D eigenvalue weighted by atomic mass is 10.1. The van der Waals surface area contributed by atoms with Crippen molar-refractivity contribution in [1.82, 2.24) is 9.97 Å². The number of aliphatic hydroxyl groups excluding tert-OH is 1. The maximum Gasteiger partial charge on any atom is 0.216 e. The van der Waals surface area contributed by atoms with Gasteiger partial charge in [-0.25, -0.2) is 9.37 Å².